The molecule has 3 aromatic carbocycles. The van der Waals surface area contributed by atoms with Gasteiger partial charge in [-0.15, -0.1) is 20.5 Å². The summed E-state index contributed by atoms with van der Waals surface area (Å²) >= 11 is 0. The van der Waals surface area contributed by atoms with Gasteiger partial charge in [0.15, 0.2) is 0 Å². The summed E-state index contributed by atoms with van der Waals surface area (Å²) in [6.07, 6.45) is 0. The van der Waals surface area contributed by atoms with E-state index in [4.69, 9.17) is 0 Å². The predicted molar refractivity (Wildman–Crippen MR) is 102 cm³/mol. The van der Waals surface area contributed by atoms with Crippen LogP contribution in [0.15, 0.2) is 93.3 Å². The average molecular weight is 364 g/mol. The van der Waals surface area contributed by atoms with Gasteiger partial charge >= 0.3 is 0 Å². The lowest BCUT2D eigenvalue weighted by molar-refractivity contribution is 0.0979. The van der Waals surface area contributed by atoms with Crippen LogP contribution in [0.5, 0.6) is 0 Å². The first-order valence-electron chi connectivity index (χ1n) is 8.68. The predicted octanol–water partition coefficient (Wildman–Crippen LogP) is 3.21. The zero-order chi connectivity index (χ0) is 19.1. The van der Waals surface area contributed by atoms with Crippen molar-refractivity contribution in [2.24, 2.45) is 20.5 Å². The molecule has 0 unspecified atom stereocenters. The molecule has 2 aliphatic rings. The van der Waals surface area contributed by atoms with Gasteiger partial charge < -0.3 is 0 Å². The van der Waals surface area contributed by atoms with Crippen molar-refractivity contribution >= 4 is 23.2 Å². The smallest absolute Gasteiger partial charge is 0.265 e. The highest BCUT2D eigenvalue weighted by Crippen LogP contribution is 2.20. The van der Waals surface area contributed by atoms with Crippen LogP contribution in [0.4, 0.5) is 0 Å². The summed E-state index contributed by atoms with van der Waals surface area (Å²) in [6, 6.07) is 22.2. The molecule has 0 aliphatic carbocycles. The lowest BCUT2D eigenvalue weighted by Gasteiger charge is -2.13. The number of carbonyl (C=O) groups excluding carboxylic acids is 2. The second-order valence-corrected chi connectivity index (χ2v) is 6.38. The molecule has 5 rings (SSSR count). The third-order valence-corrected chi connectivity index (χ3v) is 4.70. The Hall–Kier alpha value is -4.06. The summed E-state index contributed by atoms with van der Waals surface area (Å²) in [7, 11) is 0. The molecule has 6 heteroatoms. The molecule has 132 valence electrons. The van der Waals surface area contributed by atoms with Crippen LogP contribution in [0.2, 0.25) is 0 Å². The fourth-order valence-corrected chi connectivity index (χ4v) is 3.37. The molecule has 0 spiro atoms. The Morgan fingerprint density at radius 2 is 0.893 bits per heavy atom. The molecule has 0 atom stereocenters. The summed E-state index contributed by atoms with van der Waals surface area (Å²) in [5, 5.41) is 16.9. The van der Waals surface area contributed by atoms with Gasteiger partial charge in [-0.1, -0.05) is 60.7 Å². The van der Waals surface area contributed by atoms with E-state index in [0.717, 1.165) is 11.1 Å². The van der Waals surface area contributed by atoms with Crippen LogP contribution in [0.25, 0.3) is 11.4 Å². The van der Waals surface area contributed by atoms with Crippen molar-refractivity contribution in [2.75, 3.05) is 0 Å². The van der Waals surface area contributed by atoms with Gasteiger partial charge in [0, 0.05) is 21.6 Å². The highest BCUT2D eigenvalue weighted by atomic mass is 16.2. The number of rotatable bonds is 2. The van der Waals surface area contributed by atoms with E-state index in [1.807, 2.05) is 60.7 Å². The summed E-state index contributed by atoms with van der Waals surface area (Å²) in [5.41, 5.74) is 3.52. The lowest BCUT2D eigenvalue weighted by Crippen LogP contribution is -2.30. The zero-order valence-electron chi connectivity index (χ0n) is 14.5. The summed E-state index contributed by atoms with van der Waals surface area (Å²) in [5.74, 6) is -0.889. The van der Waals surface area contributed by atoms with Gasteiger partial charge in [-0.2, -0.15) is 0 Å². The van der Waals surface area contributed by atoms with E-state index < -0.39 is 11.8 Å². The molecule has 3 aromatic rings. The van der Waals surface area contributed by atoms with Crippen LogP contribution in [0, 0.1) is 0 Å². The number of fused-ring (bicyclic) bond motifs is 2. The maximum Gasteiger partial charge on any atom is 0.296 e. The Morgan fingerprint density at radius 1 is 0.500 bits per heavy atom. The molecule has 0 bridgehead atoms. The SMILES string of the molecule is O=C1N=NC(c2ccccc2)=c2cc3c(cc21)=C(c1ccccc1)N=NC3=O. The van der Waals surface area contributed by atoms with Crippen LogP contribution in [-0.2, 0) is 0 Å². The van der Waals surface area contributed by atoms with Gasteiger partial charge in [0.2, 0.25) is 0 Å². The molecule has 2 aliphatic heterocycles. The fourth-order valence-electron chi connectivity index (χ4n) is 3.37. The maximum atomic E-state index is 12.5. The maximum absolute atomic E-state index is 12.5. The molecule has 2 heterocycles. The fraction of sp³-hybridized carbons (Fsp3) is 0. The Morgan fingerprint density at radius 3 is 1.29 bits per heavy atom. The summed E-state index contributed by atoms with van der Waals surface area (Å²) < 4.78 is 0. The van der Waals surface area contributed by atoms with Gasteiger partial charge in [-0.05, 0) is 12.1 Å². The van der Waals surface area contributed by atoms with Gasteiger partial charge in [-0.3, -0.25) is 9.59 Å². The molecular formula is C22H12N4O2. The molecule has 0 N–H and O–H groups in total. The van der Waals surface area contributed by atoms with Crippen molar-refractivity contribution in [3.63, 3.8) is 0 Å². The van der Waals surface area contributed by atoms with E-state index >= 15 is 0 Å². The van der Waals surface area contributed by atoms with Crippen LogP contribution in [-0.4, -0.2) is 11.8 Å². The minimum Gasteiger partial charge on any atom is -0.265 e. The van der Waals surface area contributed by atoms with Gasteiger partial charge in [0.25, 0.3) is 11.8 Å². The van der Waals surface area contributed by atoms with Crippen molar-refractivity contribution in [3.05, 3.63) is 105 Å². The molecule has 0 fully saturated rings. The third-order valence-electron chi connectivity index (χ3n) is 4.70. The van der Waals surface area contributed by atoms with Crippen molar-refractivity contribution in [3.8, 4) is 0 Å². The van der Waals surface area contributed by atoms with Crippen LogP contribution >= 0.6 is 0 Å². The Kier molecular flexibility index (Phi) is 3.62. The summed E-state index contributed by atoms with van der Waals surface area (Å²) in [6.45, 7) is 0. The Labute approximate surface area is 159 Å². The second-order valence-electron chi connectivity index (χ2n) is 6.38. The zero-order valence-corrected chi connectivity index (χ0v) is 14.5. The van der Waals surface area contributed by atoms with Crippen LogP contribution in [0.3, 0.4) is 0 Å². The molecular weight excluding hydrogens is 352 g/mol. The highest BCUT2D eigenvalue weighted by Gasteiger charge is 2.23. The first-order valence-corrected chi connectivity index (χ1v) is 8.68. The van der Waals surface area contributed by atoms with Crippen molar-refractivity contribution in [2.45, 2.75) is 0 Å². The molecule has 0 aromatic heterocycles. The Balaban J connectivity index is 1.89. The molecule has 0 saturated carbocycles. The number of amides is 2. The normalized spacial score (nSPS) is 14.9. The van der Waals surface area contributed by atoms with Gasteiger partial charge in [0.05, 0.1) is 11.1 Å². The highest BCUT2D eigenvalue weighted by molar-refractivity contribution is 6.02. The summed E-state index contributed by atoms with van der Waals surface area (Å²) in [4.78, 5) is 24.9. The number of hydrogen-bond donors (Lipinski definition) is 0. The molecule has 28 heavy (non-hydrogen) atoms. The van der Waals surface area contributed by atoms with E-state index in [9.17, 15) is 9.59 Å². The van der Waals surface area contributed by atoms with Gasteiger partial charge in [-0.25, -0.2) is 0 Å². The molecule has 0 saturated heterocycles. The molecule has 0 radical (unpaired) electrons. The number of azo groups is 2. The minimum atomic E-state index is -0.445. The largest absolute Gasteiger partial charge is 0.296 e. The van der Waals surface area contributed by atoms with Crippen molar-refractivity contribution in [1.29, 1.82) is 0 Å². The average Bonchev–Trinajstić information content (AvgIpc) is 2.75. The monoisotopic (exact) mass is 364 g/mol. The van der Waals surface area contributed by atoms with Crippen LogP contribution in [0.1, 0.15) is 31.8 Å². The quantitative estimate of drug-likeness (QED) is 0.699. The topological polar surface area (TPSA) is 83.6 Å². The van der Waals surface area contributed by atoms with E-state index in [0.29, 0.717) is 33.0 Å². The standard InChI is InChI=1S/C22H12N4O2/c27-21-17-12-16-18(22(28)26-24-20(16)14-9-5-2-6-10-14)11-15(17)19(23-25-21)13-7-3-1-4-8-13/h1-12H. The van der Waals surface area contributed by atoms with E-state index in [1.54, 1.807) is 12.1 Å². The number of hydrogen-bond acceptors (Lipinski definition) is 4. The van der Waals surface area contributed by atoms with Crippen molar-refractivity contribution < 1.29 is 9.59 Å². The number of benzene rings is 3. The van der Waals surface area contributed by atoms with E-state index in [2.05, 4.69) is 20.5 Å². The van der Waals surface area contributed by atoms with E-state index in [-0.39, 0.29) is 0 Å². The number of nitrogens with zero attached hydrogens (tertiary/aromatic N) is 4. The first-order chi connectivity index (χ1) is 13.7. The van der Waals surface area contributed by atoms with E-state index in [1.165, 1.54) is 0 Å². The molecule has 6 nitrogen and oxygen atoms in total. The third kappa shape index (κ3) is 2.51. The van der Waals surface area contributed by atoms with Crippen LogP contribution < -0.4 is 10.4 Å². The van der Waals surface area contributed by atoms with Crippen molar-refractivity contribution in [1.82, 2.24) is 0 Å². The van der Waals surface area contributed by atoms with Gasteiger partial charge in [0.1, 0.15) is 11.4 Å². The molecule has 2 amide bonds. The minimum absolute atomic E-state index is 0.394. The number of carbonyl (C=O) groups is 2. The second kappa shape index (κ2) is 6.28. The lowest BCUT2D eigenvalue weighted by atomic mass is 9.97. The Bertz CT molecular complexity index is 1220. The first kappa shape index (κ1) is 16.1.